The Labute approximate surface area is 157 Å². The summed E-state index contributed by atoms with van der Waals surface area (Å²) in [5, 5.41) is 0. The van der Waals surface area contributed by atoms with Gasteiger partial charge in [-0.3, -0.25) is 0 Å². The second kappa shape index (κ2) is 7.66. The van der Waals surface area contributed by atoms with Crippen LogP contribution in [0.3, 0.4) is 0 Å². The number of halogens is 1. The Morgan fingerprint density at radius 3 is 2.32 bits per heavy atom. The normalized spacial score (nSPS) is 17.0. The number of hydrogen-bond acceptors (Lipinski definition) is 1. The van der Waals surface area contributed by atoms with Crippen LogP contribution in [0, 0.1) is 0 Å². The minimum atomic E-state index is -0.713. The van der Waals surface area contributed by atoms with E-state index >= 15 is 0 Å². The molecular weight excluding hydrogens is 376 g/mol. The lowest BCUT2D eigenvalue weighted by molar-refractivity contribution is -0.462. The predicted octanol–water partition coefficient (Wildman–Crippen LogP) is 6.05. The maximum atomic E-state index is 5.95. The van der Waals surface area contributed by atoms with Crippen molar-refractivity contribution in [2.75, 3.05) is 0 Å². The molecule has 0 fully saturated rings. The first kappa shape index (κ1) is 17.4. The van der Waals surface area contributed by atoms with Gasteiger partial charge in [-0.1, -0.05) is 64.5 Å². The van der Waals surface area contributed by atoms with Gasteiger partial charge in [-0.25, -0.2) is 4.42 Å². The van der Waals surface area contributed by atoms with E-state index in [4.69, 9.17) is 9.16 Å². The summed E-state index contributed by atoms with van der Waals surface area (Å²) in [7, 11) is 0. The van der Waals surface area contributed by atoms with E-state index in [1.165, 1.54) is 0 Å². The highest BCUT2D eigenvalue weighted by molar-refractivity contribution is 9.12. The van der Waals surface area contributed by atoms with E-state index < -0.39 is 5.79 Å². The summed E-state index contributed by atoms with van der Waals surface area (Å²) < 4.78 is 12.8. The highest BCUT2D eigenvalue weighted by Gasteiger charge is 2.37. The number of allylic oxidation sites excluding steroid dienone is 4. The van der Waals surface area contributed by atoms with E-state index in [-0.39, 0.29) is 0 Å². The van der Waals surface area contributed by atoms with E-state index in [1.807, 2.05) is 80.6 Å². The van der Waals surface area contributed by atoms with Gasteiger partial charge in [-0.2, -0.15) is 0 Å². The fourth-order valence-electron chi connectivity index (χ4n) is 2.50. The minimum Gasteiger partial charge on any atom is -0.409 e. The fraction of sp³-hybridized carbons (Fsp3) is 0.136. The first-order valence-electron chi connectivity index (χ1n) is 8.14. The van der Waals surface area contributed by atoms with E-state index in [0.29, 0.717) is 0 Å². The Balaban J connectivity index is 1.83. The van der Waals surface area contributed by atoms with Crippen molar-refractivity contribution in [3.05, 3.63) is 100 Å². The molecule has 0 saturated heterocycles. The smallest absolute Gasteiger partial charge is 0.409 e. The van der Waals surface area contributed by atoms with Crippen LogP contribution in [0.4, 0.5) is 0 Å². The molecular formula is C22H20BrO2+. The summed E-state index contributed by atoms with van der Waals surface area (Å²) in [6, 6.07) is 20.2. The molecule has 0 spiro atoms. The molecule has 0 atom stereocenters. The molecule has 126 valence electrons. The number of carbonyl (C=O) groups excluding carboxylic acids is 1. The van der Waals surface area contributed by atoms with Crippen LogP contribution in [0.15, 0.2) is 89.1 Å². The summed E-state index contributed by atoms with van der Waals surface area (Å²) in [5.41, 5.74) is 2.17. The van der Waals surface area contributed by atoms with Crippen LogP contribution < -0.4 is 0 Å². The van der Waals surface area contributed by atoms with E-state index in [2.05, 4.69) is 34.1 Å². The van der Waals surface area contributed by atoms with E-state index in [1.54, 1.807) is 0 Å². The highest BCUT2D eigenvalue weighted by Crippen LogP contribution is 2.25. The molecule has 25 heavy (non-hydrogen) atoms. The van der Waals surface area contributed by atoms with E-state index in [9.17, 15) is 0 Å². The van der Waals surface area contributed by atoms with Gasteiger partial charge in [0.1, 0.15) is 5.76 Å². The van der Waals surface area contributed by atoms with Gasteiger partial charge in [-0.15, -0.1) is 0 Å². The molecule has 0 amide bonds. The van der Waals surface area contributed by atoms with Gasteiger partial charge in [0.05, 0.1) is 25.5 Å². The topological polar surface area (TPSA) is 20.5 Å². The van der Waals surface area contributed by atoms with Crippen LogP contribution >= 0.6 is 15.9 Å². The van der Waals surface area contributed by atoms with Crippen LogP contribution in [-0.4, -0.2) is 11.6 Å². The first-order valence-corrected chi connectivity index (χ1v) is 8.94. The number of hydrogen-bond donors (Lipinski definition) is 0. The van der Waals surface area contributed by atoms with Crippen LogP contribution in [0.2, 0.25) is 0 Å². The number of ether oxygens (including phenoxy) is 1. The van der Waals surface area contributed by atoms with Crippen LogP contribution in [0.1, 0.15) is 29.4 Å². The molecule has 1 aliphatic heterocycles. The number of ketones is 1. The molecule has 2 aromatic carbocycles. The molecule has 2 nitrogen and oxygen atoms in total. The standard InChI is InChI=1S/C22H20BrO2/c1-22(2)24-20(16-21(25-22)18-11-7-4-8-12-18)14-13-19(23)15-17-9-5-3-6-10-17/h3-16H,1-2H3/q+1. The molecule has 0 N–H and O–H groups in total. The van der Waals surface area contributed by atoms with Gasteiger partial charge in [0.15, 0.2) is 0 Å². The van der Waals surface area contributed by atoms with Crippen molar-refractivity contribution in [3.8, 4) is 0 Å². The second-order valence-corrected chi connectivity index (χ2v) is 7.07. The zero-order chi connectivity index (χ0) is 17.7. The minimum absolute atomic E-state index is 0.713. The quantitative estimate of drug-likeness (QED) is 0.455. The number of benzene rings is 2. The third kappa shape index (κ3) is 5.04. The second-order valence-electron chi connectivity index (χ2n) is 6.15. The van der Waals surface area contributed by atoms with Crippen molar-refractivity contribution in [2.45, 2.75) is 19.6 Å². The van der Waals surface area contributed by atoms with E-state index in [0.717, 1.165) is 27.2 Å². The van der Waals surface area contributed by atoms with Crippen molar-refractivity contribution in [3.63, 3.8) is 0 Å². The maximum Gasteiger partial charge on any atom is 0.424 e. The average molecular weight is 396 g/mol. The number of rotatable bonds is 4. The molecule has 0 bridgehead atoms. The molecule has 2 aromatic rings. The summed E-state index contributed by atoms with van der Waals surface area (Å²) >= 11 is 3.58. The Kier molecular flexibility index (Phi) is 5.34. The first-order chi connectivity index (χ1) is 12.0. The Morgan fingerprint density at radius 1 is 1.00 bits per heavy atom. The largest absolute Gasteiger partial charge is 0.424 e. The van der Waals surface area contributed by atoms with Gasteiger partial charge in [0.2, 0.25) is 0 Å². The van der Waals surface area contributed by atoms with Crippen molar-refractivity contribution >= 4 is 27.8 Å². The SMILES string of the molecule is CC1(C)OC(C=CC(Br)=Cc2ccccc2)=CC(c2ccccc2)=[O+]1. The molecule has 0 radical (unpaired) electrons. The van der Waals surface area contributed by atoms with Crippen molar-refractivity contribution in [1.82, 2.24) is 0 Å². The van der Waals surface area contributed by atoms with Crippen molar-refractivity contribution in [1.29, 1.82) is 0 Å². The third-order valence-electron chi connectivity index (χ3n) is 3.56. The lowest BCUT2D eigenvalue weighted by atomic mass is 10.1. The molecule has 0 aliphatic carbocycles. The molecule has 1 heterocycles. The third-order valence-corrected chi connectivity index (χ3v) is 4.06. The van der Waals surface area contributed by atoms with Gasteiger partial charge >= 0.3 is 11.6 Å². The van der Waals surface area contributed by atoms with Crippen LogP contribution in [0.25, 0.3) is 6.08 Å². The van der Waals surface area contributed by atoms with Gasteiger partial charge in [0, 0.05) is 4.48 Å². The van der Waals surface area contributed by atoms with Crippen molar-refractivity contribution < 1.29 is 9.16 Å². The van der Waals surface area contributed by atoms with Crippen LogP contribution in [-0.2, 0) is 4.74 Å². The molecule has 0 aromatic heterocycles. The fourth-order valence-corrected chi connectivity index (χ4v) is 2.90. The van der Waals surface area contributed by atoms with Gasteiger partial charge < -0.3 is 4.74 Å². The monoisotopic (exact) mass is 395 g/mol. The van der Waals surface area contributed by atoms with Crippen LogP contribution in [0.5, 0.6) is 0 Å². The summed E-state index contributed by atoms with van der Waals surface area (Å²) in [6.07, 6.45) is 7.89. The molecule has 3 heteroatoms. The highest BCUT2D eigenvalue weighted by atomic mass is 79.9. The average Bonchev–Trinajstić information content (AvgIpc) is 2.60. The van der Waals surface area contributed by atoms with Gasteiger partial charge in [0.25, 0.3) is 0 Å². The van der Waals surface area contributed by atoms with Gasteiger partial charge in [-0.05, 0) is 35.9 Å². The Morgan fingerprint density at radius 2 is 1.64 bits per heavy atom. The molecule has 0 saturated carbocycles. The maximum absolute atomic E-state index is 5.95. The molecule has 0 unspecified atom stereocenters. The Hall–Kier alpha value is -2.39. The summed E-state index contributed by atoms with van der Waals surface area (Å²) in [4.78, 5) is 0. The molecule has 1 aliphatic rings. The zero-order valence-corrected chi connectivity index (χ0v) is 15.9. The van der Waals surface area contributed by atoms with Crippen molar-refractivity contribution in [2.24, 2.45) is 0 Å². The summed E-state index contributed by atoms with van der Waals surface area (Å²) in [5.74, 6) is 0.850. The summed E-state index contributed by atoms with van der Waals surface area (Å²) in [6.45, 7) is 3.82. The lowest BCUT2D eigenvalue weighted by Gasteiger charge is -2.17. The lowest BCUT2D eigenvalue weighted by Crippen LogP contribution is -2.27. The Bertz CT molecular complexity index is 844. The predicted molar refractivity (Wildman–Crippen MR) is 107 cm³/mol. The zero-order valence-electron chi connectivity index (χ0n) is 14.3. The molecule has 3 rings (SSSR count).